The first-order valence-corrected chi connectivity index (χ1v) is 16.6. The number of ether oxygens (including phenoxy) is 1. The van der Waals surface area contributed by atoms with E-state index in [4.69, 9.17) is 9.72 Å². The summed E-state index contributed by atoms with van der Waals surface area (Å²) in [5.41, 5.74) is 4.09. The number of hydrogen-bond donors (Lipinski definition) is 0. The number of fused-ring (bicyclic) bond motifs is 1. The van der Waals surface area contributed by atoms with Gasteiger partial charge in [-0.1, -0.05) is 91.0 Å². The van der Waals surface area contributed by atoms with Gasteiger partial charge in [0.25, 0.3) is 10.0 Å². The van der Waals surface area contributed by atoms with Crippen LogP contribution >= 0.6 is 0 Å². The van der Waals surface area contributed by atoms with E-state index in [1.807, 2.05) is 89.8 Å². The van der Waals surface area contributed by atoms with Gasteiger partial charge in [-0.3, -0.25) is 4.57 Å². The Bertz CT molecular complexity index is 2270. The quantitative estimate of drug-likeness (QED) is 0.153. The van der Waals surface area contributed by atoms with Crippen LogP contribution in [0.2, 0.25) is 0 Å². The molecular formula is C37H30N6O4S. The van der Waals surface area contributed by atoms with Crippen molar-refractivity contribution < 1.29 is 17.9 Å². The third-order valence-corrected chi connectivity index (χ3v) is 9.78. The van der Waals surface area contributed by atoms with Crippen LogP contribution in [0.25, 0.3) is 27.8 Å². The lowest BCUT2D eigenvalue weighted by atomic mass is 10.1. The van der Waals surface area contributed by atoms with E-state index in [2.05, 4.69) is 10.2 Å². The van der Waals surface area contributed by atoms with Crippen LogP contribution in [-0.4, -0.2) is 45.2 Å². The summed E-state index contributed by atoms with van der Waals surface area (Å²) in [7, 11) is -2.96. The number of benzene rings is 4. The molecule has 7 rings (SSSR count). The molecule has 0 radical (unpaired) electrons. The van der Waals surface area contributed by atoms with Crippen molar-refractivity contribution in [3.63, 3.8) is 0 Å². The number of rotatable bonds is 10. The normalized spacial score (nSPS) is 11.4. The van der Waals surface area contributed by atoms with Crippen molar-refractivity contribution in [2.24, 2.45) is 0 Å². The van der Waals surface area contributed by atoms with Crippen LogP contribution < -0.4 is 4.90 Å². The number of carbonyl (C=O) groups is 1. The Morgan fingerprint density at radius 1 is 0.771 bits per heavy atom. The Kier molecular flexibility index (Phi) is 8.26. The number of carbonyl (C=O) groups excluding carboxylic acids is 1. The molecular weight excluding hydrogens is 625 g/mol. The monoisotopic (exact) mass is 654 g/mol. The molecule has 0 unspecified atom stereocenters. The van der Waals surface area contributed by atoms with Gasteiger partial charge in [0.05, 0.1) is 23.3 Å². The van der Waals surface area contributed by atoms with Gasteiger partial charge in [-0.15, -0.1) is 10.2 Å². The zero-order valence-electron chi connectivity index (χ0n) is 25.9. The highest BCUT2D eigenvalue weighted by Crippen LogP contribution is 2.39. The third-order valence-electron chi connectivity index (χ3n) is 8.05. The minimum absolute atomic E-state index is 0.0887. The van der Waals surface area contributed by atoms with Gasteiger partial charge in [0.15, 0.2) is 5.82 Å². The summed E-state index contributed by atoms with van der Waals surface area (Å²) in [4.78, 5) is 20.2. The maximum absolute atomic E-state index is 14.8. The van der Waals surface area contributed by atoms with Crippen molar-refractivity contribution in [2.45, 2.75) is 18.0 Å². The fourth-order valence-electron chi connectivity index (χ4n) is 5.79. The fraction of sp³-hybridized carbons (Fsp3) is 0.0811. The van der Waals surface area contributed by atoms with Crippen LogP contribution in [0.3, 0.4) is 0 Å². The minimum Gasteiger partial charge on any atom is -0.465 e. The first-order valence-electron chi connectivity index (χ1n) is 15.2. The van der Waals surface area contributed by atoms with Gasteiger partial charge in [0, 0.05) is 35.9 Å². The van der Waals surface area contributed by atoms with E-state index in [0.717, 1.165) is 16.8 Å². The van der Waals surface area contributed by atoms with E-state index in [9.17, 15) is 13.2 Å². The van der Waals surface area contributed by atoms with Gasteiger partial charge in [-0.05, 0) is 41.5 Å². The first-order chi connectivity index (χ1) is 23.4. The Morgan fingerprint density at radius 2 is 1.38 bits per heavy atom. The standard InChI is InChI=1S/C37H30N6O4S/c1-47-37(44)33-22-38-36(41(23-27-12-5-2-6-13-27)24-28-14-7-3-8-15-28)35-32(33)21-34(43(35)48(45,46)31-18-9-4-10-19-31)29-16-11-17-30(20-29)42-25-39-40-26-42/h2-22,25-26H,23-24H2,1H3. The summed E-state index contributed by atoms with van der Waals surface area (Å²) in [5, 5.41) is 8.23. The van der Waals surface area contributed by atoms with Crippen molar-refractivity contribution in [3.8, 4) is 16.9 Å². The molecule has 0 spiro atoms. The van der Waals surface area contributed by atoms with Crippen LogP contribution in [0.4, 0.5) is 5.82 Å². The highest BCUT2D eigenvalue weighted by molar-refractivity contribution is 7.90. The summed E-state index contributed by atoms with van der Waals surface area (Å²) in [6.45, 7) is 0.842. The predicted molar refractivity (Wildman–Crippen MR) is 183 cm³/mol. The van der Waals surface area contributed by atoms with Crippen molar-refractivity contribution in [1.29, 1.82) is 0 Å². The van der Waals surface area contributed by atoms with Crippen LogP contribution in [0, 0.1) is 0 Å². The summed E-state index contributed by atoms with van der Waals surface area (Å²) >= 11 is 0. The van der Waals surface area contributed by atoms with Crippen LogP contribution in [0.5, 0.6) is 0 Å². The maximum Gasteiger partial charge on any atom is 0.340 e. The second-order valence-electron chi connectivity index (χ2n) is 11.1. The summed E-state index contributed by atoms with van der Waals surface area (Å²) in [5.74, 6) is -0.234. The highest BCUT2D eigenvalue weighted by Gasteiger charge is 2.30. The smallest absolute Gasteiger partial charge is 0.340 e. The molecule has 11 heteroatoms. The summed E-state index contributed by atoms with van der Waals surface area (Å²) in [6, 6.07) is 37.2. The molecule has 0 saturated carbocycles. The lowest BCUT2D eigenvalue weighted by Crippen LogP contribution is -2.25. The Hall–Kier alpha value is -6.07. The number of pyridine rings is 1. The second kappa shape index (κ2) is 13.0. The number of anilines is 1. The molecule has 4 aromatic carbocycles. The fourth-order valence-corrected chi connectivity index (χ4v) is 7.34. The van der Waals surface area contributed by atoms with Gasteiger partial charge >= 0.3 is 5.97 Å². The van der Waals surface area contributed by atoms with Gasteiger partial charge in [-0.25, -0.2) is 22.2 Å². The highest BCUT2D eigenvalue weighted by atomic mass is 32.2. The Morgan fingerprint density at radius 3 is 1.98 bits per heavy atom. The SMILES string of the molecule is COC(=O)c1cnc(N(Cc2ccccc2)Cc2ccccc2)c2c1cc(-c1cccc(-n3cnnc3)c1)n2S(=O)(=O)c1ccccc1. The van der Waals surface area contributed by atoms with E-state index in [1.165, 1.54) is 17.3 Å². The molecule has 0 aliphatic heterocycles. The summed E-state index contributed by atoms with van der Waals surface area (Å²) < 4.78 is 37.9. The largest absolute Gasteiger partial charge is 0.465 e. The number of esters is 1. The van der Waals surface area contributed by atoms with Gasteiger partial charge in [-0.2, -0.15) is 0 Å². The first kappa shape index (κ1) is 30.6. The number of hydrogen-bond acceptors (Lipinski definition) is 8. The van der Waals surface area contributed by atoms with Crippen LogP contribution in [-0.2, 0) is 27.8 Å². The molecule has 0 amide bonds. The zero-order chi connectivity index (χ0) is 33.1. The molecule has 10 nitrogen and oxygen atoms in total. The van der Waals surface area contributed by atoms with E-state index in [1.54, 1.807) is 53.6 Å². The Balaban J connectivity index is 1.56. The minimum atomic E-state index is -4.25. The van der Waals surface area contributed by atoms with Crippen LogP contribution in [0.1, 0.15) is 21.5 Å². The van der Waals surface area contributed by atoms with Crippen molar-refractivity contribution in [1.82, 2.24) is 23.7 Å². The molecule has 0 saturated heterocycles. The van der Waals surface area contributed by atoms with Crippen molar-refractivity contribution >= 4 is 32.7 Å². The third kappa shape index (κ3) is 5.82. The molecule has 3 aromatic heterocycles. The average Bonchev–Trinajstić information content (AvgIpc) is 3.82. The van der Waals surface area contributed by atoms with Gasteiger partial charge < -0.3 is 9.64 Å². The topological polar surface area (TPSA) is 112 Å². The predicted octanol–water partition coefficient (Wildman–Crippen LogP) is 6.51. The van der Waals surface area contributed by atoms with Gasteiger partial charge in [0.2, 0.25) is 0 Å². The number of aromatic nitrogens is 5. The van der Waals surface area contributed by atoms with Crippen LogP contribution in [0.15, 0.2) is 145 Å². The van der Waals surface area contributed by atoms with Crippen molar-refractivity contribution in [3.05, 3.63) is 157 Å². The average molecular weight is 655 g/mol. The number of methoxy groups -OCH3 is 1. The molecule has 238 valence electrons. The van der Waals surface area contributed by atoms with Crippen molar-refractivity contribution in [2.75, 3.05) is 12.0 Å². The van der Waals surface area contributed by atoms with E-state index < -0.39 is 16.0 Å². The molecule has 3 heterocycles. The lowest BCUT2D eigenvalue weighted by molar-refractivity contribution is 0.0602. The van der Waals surface area contributed by atoms with Gasteiger partial charge in [0.1, 0.15) is 18.2 Å². The molecule has 0 N–H and O–H groups in total. The molecule has 7 aromatic rings. The molecule has 48 heavy (non-hydrogen) atoms. The maximum atomic E-state index is 14.8. The zero-order valence-corrected chi connectivity index (χ0v) is 26.7. The second-order valence-corrected chi connectivity index (χ2v) is 12.9. The van der Waals surface area contributed by atoms with E-state index in [0.29, 0.717) is 35.6 Å². The molecule has 0 aliphatic rings. The molecule has 0 bridgehead atoms. The molecule has 0 aliphatic carbocycles. The number of nitrogens with zero attached hydrogens (tertiary/aromatic N) is 6. The van der Waals surface area contributed by atoms with E-state index in [-0.39, 0.29) is 16.0 Å². The molecule has 0 fully saturated rings. The molecule has 0 atom stereocenters. The Labute approximate surface area is 277 Å². The lowest BCUT2D eigenvalue weighted by Gasteiger charge is -2.26. The van der Waals surface area contributed by atoms with E-state index >= 15 is 0 Å². The summed E-state index contributed by atoms with van der Waals surface area (Å²) in [6.07, 6.45) is 4.60.